The zero-order valence-electron chi connectivity index (χ0n) is 23.8. The number of aromatic hydroxyl groups is 1. The van der Waals surface area contributed by atoms with Crippen LogP contribution in [-0.2, 0) is 16.1 Å². The summed E-state index contributed by atoms with van der Waals surface area (Å²) >= 11 is 0. The molecule has 3 heterocycles. The molecule has 2 fully saturated rings. The predicted molar refractivity (Wildman–Crippen MR) is 165 cm³/mol. The van der Waals surface area contributed by atoms with Gasteiger partial charge >= 0.3 is 11.4 Å². The summed E-state index contributed by atoms with van der Waals surface area (Å²) in [5.41, 5.74) is -0.0740. The quantitative estimate of drug-likeness (QED) is 0.248. The molecular weight excluding hydrogens is 556 g/mol. The van der Waals surface area contributed by atoms with Crippen molar-refractivity contribution in [1.29, 1.82) is 0 Å². The molecule has 1 aromatic heterocycles. The van der Waals surface area contributed by atoms with Gasteiger partial charge in [0, 0.05) is 11.5 Å². The first-order valence-corrected chi connectivity index (χ1v) is 14.7. The number of hydrogen-bond acceptors (Lipinski definition) is 5. The topological polar surface area (TPSA) is 107 Å². The van der Waals surface area contributed by atoms with Crippen molar-refractivity contribution >= 4 is 28.3 Å². The summed E-state index contributed by atoms with van der Waals surface area (Å²) in [5.74, 6) is -2.28. The molecule has 218 valence electrons. The Kier molecular flexibility index (Phi) is 5.53. The number of rotatable bonds is 3. The molecule has 0 bridgehead atoms. The van der Waals surface area contributed by atoms with Crippen LogP contribution in [0.3, 0.4) is 0 Å². The number of fused-ring (bicyclic) bond motifs is 5. The fraction of sp³-hybridized carbons (Fsp3) is 0.200. The SMILES string of the molecule is C[C@@]12C(=O)N(c3ccccc3)C(=O)[C@@H]1C[C@@H]1C(=CCn3c(=O)n(-c4ccccc4)c(=O)n31)[C@@H]2c1c(O)ccc2ccccc12. The number of phenolic OH excluding ortho intramolecular Hbond substituents is 1. The molecule has 1 saturated heterocycles. The zero-order valence-corrected chi connectivity index (χ0v) is 23.8. The number of amides is 2. The highest BCUT2D eigenvalue weighted by Crippen LogP contribution is 2.63. The van der Waals surface area contributed by atoms with E-state index in [0.29, 0.717) is 16.9 Å². The summed E-state index contributed by atoms with van der Waals surface area (Å²) in [6.07, 6.45) is 2.05. The van der Waals surface area contributed by atoms with Crippen LogP contribution in [0.25, 0.3) is 16.5 Å². The smallest absolute Gasteiger partial charge is 0.352 e. The van der Waals surface area contributed by atoms with Gasteiger partial charge in [0.1, 0.15) is 5.75 Å². The number of imide groups is 1. The van der Waals surface area contributed by atoms with Crippen molar-refractivity contribution in [2.75, 3.05) is 4.90 Å². The Morgan fingerprint density at radius 2 is 1.43 bits per heavy atom. The molecule has 9 heteroatoms. The lowest BCUT2D eigenvalue weighted by molar-refractivity contribution is -0.129. The van der Waals surface area contributed by atoms with Crippen molar-refractivity contribution in [3.63, 3.8) is 0 Å². The number of allylic oxidation sites excluding steroid dienone is 2. The Hall–Kier alpha value is -5.44. The van der Waals surface area contributed by atoms with E-state index in [1.165, 1.54) is 14.3 Å². The van der Waals surface area contributed by atoms with Crippen molar-refractivity contribution < 1.29 is 14.7 Å². The molecule has 4 aromatic carbocycles. The monoisotopic (exact) mass is 584 g/mol. The summed E-state index contributed by atoms with van der Waals surface area (Å²) < 4.78 is 4.00. The fourth-order valence-electron chi connectivity index (χ4n) is 7.79. The van der Waals surface area contributed by atoms with E-state index >= 15 is 0 Å². The molecule has 0 unspecified atom stereocenters. The van der Waals surface area contributed by atoms with Gasteiger partial charge in [0.25, 0.3) is 0 Å². The van der Waals surface area contributed by atoms with Gasteiger partial charge in [-0.2, -0.15) is 0 Å². The molecule has 1 aliphatic carbocycles. The molecule has 2 amide bonds. The Morgan fingerprint density at radius 3 is 2.16 bits per heavy atom. The van der Waals surface area contributed by atoms with Gasteiger partial charge < -0.3 is 5.11 Å². The summed E-state index contributed by atoms with van der Waals surface area (Å²) in [7, 11) is 0. The van der Waals surface area contributed by atoms with E-state index in [0.717, 1.165) is 20.9 Å². The molecule has 3 aliphatic rings. The van der Waals surface area contributed by atoms with Gasteiger partial charge in [0.2, 0.25) is 11.8 Å². The number of phenols is 1. The highest BCUT2D eigenvalue weighted by molar-refractivity contribution is 6.24. The molecule has 44 heavy (non-hydrogen) atoms. The molecule has 5 aromatic rings. The first kappa shape index (κ1) is 26.2. The van der Waals surface area contributed by atoms with Crippen molar-refractivity contribution in [3.8, 4) is 11.4 Å². The first-order valence-electron chi connectivity index (χ1n) is 14.7. The second-order valence-corrected chi connectivity index (χ2v) is 11.9. The Labute approximate surface area is 251 Å². The van der Waals surface area contributed by atoms with E-state index in [4.69, 9.17) is 0 Å². The summed E-state index contributed by atoms with van der Waals surface area (Å²) in [6, 6.07) is 28.0. The van der Waals surface area contributed by atoms with E-state index in [-0.39, 0.29) is 30.5 Å². The van der Waals surface area contributed by atoms with Crippen molar-refractivity contribution in [2.45, 2.75) is 31.8 Å². The minimum Gasteiger partial charge on any atom is -0.508 e. The molecule has 1 N–H and O–H groups in total. The average Bonchev–Trinajstić information content (AvgIpc) is 3.42. The maximum atomic E-state index is 14.6. The Bertz CT molecular complexity index is 2160. The number of anilines is 1. The van der Waals surface area contributed by atoms with Crippen LogP contribution in [0.5, 0.6) is 5.75 Å². The van der Waals surface area contributed by atoms with Crippen LogP contribution in [0.1, 0.15) is 30.9 Å². The third kappa shape index (κ3) is 3.35. The normalized spacial score (nSPS) is 24.2. The molecule has 9 nitrogen and oxygen atoms in total. The molecular formula is C35H28N4O5. The lowest BCUT2D eigenvalue weighted by Gasteiger charge is -2.47. The van der Waals surface area contributed by atoms with Crippen molar-refractivity contribution in [1.82, 2.24) is 13.9 Å². The lowest BCUT2D eigenvalue weighted by Crippen LogP contribution is -2.49. The maximum absolute atomic E-state index is 14.6. The van der Waals surface area contributed by atoms with E-state index in [1.807, 2.05) is 55.5 Å². The fourth-order valence-corrected chi connectivity index (χ4v) is 7.79. The maximum Gasteiger partial charge on any atom is 0.352 e. The number of carbonyl (C=O) groups is 2. The Morgan fingerprint density at radius 1 is 0.773 bits per heavy atom. The van der Waals surface area contributed by atoms with E-state index in [1.54, 1.807) is 54.6 Å². The number of aromatic nitrogens is 3. The molecule has 8 rings (SSSR count). The van der Waals surface area contributed by atoms with Gasteiger partial charge in [0.15, 0.2) is 0 Å². The minimum atomic E-state index is -1.27. The molecule has 4 atom stereocenters. The Balaban J connectivity index is 1.40. The lowest BCUT2D eigenvalue weighted by atomic mass is 9.56. The largest absolute Gasteiger partial charge is 0.508 e. The van der Waals surface area contributed by atoms with Crippen LogP contribution in [0.15, 0.2) is 118 Å². The van der Waals surface area contributed by atoms with E-state index in [2.05, 4.69) is 0 Å². The van der Waals surface area contributed by atoms with Gasteiger partial charge in [0.05, 0.1) is 35.3 Å². The molecule has 0 spiro atoms. The third-order valence-electron chi connectivity index (χ3n) is 9.80. The number of hydrogen-bond donors (Lipinski definition) is 1. The summed E-state index contributed by atoms with van der Waals surface area (Å²) in [5, 5.41) is 13.1. The van der Waals surface area contributed by atoms with Crippen LogP contribution in [0.2, 0.25) is 0 Å². The van der Waals surface area contributed by atoms with Crippen LogP contribution < -0.4 is 16.3 Å². The van der Waals surface area contributed by atoms with E-state index in [9.17, 15) is 24.3 Å². The van der Waals surface area contributed by atoms with Crippen molar-refractivity contribution in [2.24, 2.45) is 11.3 Å². The molecule has 1 saturated carbocycles. The van der Waals surface area contributed by atoms with Gasteiger partial charge in [-0.1, -0.05) is 72.8 Å². The van der Waals surface area contributed by atoms with Crippen molar-refractivity contribution in [3.05, 3.63) is 135 Å². The van der Waals surface area contributed by atoms with Gasteiger partial charge in [-0.3, -0.25) is 9.59 Å². The van der Waals surface area contributed by atoms with Crippen LogP contribution in [0, 0.1) is 11.3 Å². The average molecular weight is 585 g/mol. The third-order valence-corrected chi connectivity index (χ3v) is 9.80. The summed E-state index contributed by atoms with van der Waals surface area (Å²) in [6.45, 7) is 1.91. The number of nitrogens with zero attached hydrogens (tertiary/aromatic N) is 4. The van der Waals surface area contributed by atoms with Gasteiger partial charge in [-0.25, -0.2) is 28.4 Å². The van der Waals surface area contributed by atoms with E-state index < -0.39 is 34.7 Å². The second kappa shape index (κ2) is 9.28. The summed E-state index contributed by atoms with van der Waals surface area (Å²) in [4.78, 5) is 57.9. The standard InChI is InChI=1S/C35H28N4O5/c1-35-26(31(41)37(32(35)42)22-11-4-2-5-12-22)20-27-25(30(35)29-24-15-9-8-10-21(24)16-17-28(29)40)18-19-36-33(43)38(34(44)39(27)36)23-13-6-3-7-14-23/h2-18,26-27,30,40H,19-20H2,1H3/t26-,27+,30+,35+/m0/s1. The molecule has 2 aliphatic heterocycles. The number of carbonyl (C=O) groups excluding carboxylic acids is 2. The van der Waals surface area contributed by atoms with Crippen LogP contribution >= 0.6 is 0 Å². The highest BCUT2D eigenvalue weighted by atomic mass is 16.3. The first-order chi connectivity index (χ1) is 21.3. The highest BCUT2D eigenvalue weighted by Gasteiger charge is 2.66. The molecule has 0 radical (unpaired) electrons. The number of para-hydroxylation sites is 2. The van der Waals surface area contributed by atoms with Crippen LogP contribution in [-0.4, -0.2) is 30.9 Å². The minimum absolute atomic E-state index is 0.00537. The van der Waals surface area contributed by atoms with Crippen LogP contribution in [0.4, 0.5) is 5.69 Å². The number of benzene rings is 4. The zero-order chi connectivity index (χ0) is 30.3. The predicted octanol–water partition coefficient (Wildman–Crippen LogP) is 4.52. The second-order valence-electron chi connectivity index (χ2n) is 11.9. The van der Waals surface area contributed by atoms with Gasteiger partial charge in [-0.15, -0.1) is 0 Å². The van der Waals surface area contributed by atoms with Gasteiger partial charge in [-0.05, 0) is 60.0 Å².